The van der Waals surface area contributed by atoms with Crippen molar-refractivity contribution in [3.05, 3.63) is 35.5 Å². The van der Waals surface area contributed by atoms with Gasteiger partial charge >= 0.3 is 6.03 Å². The number of benzene rings is 1. The van der Waals surface area contributed by atoms with Crippen molar-refractivity contribution in [2.75, 3.05) is 43.6 Å². The number of thiazole rings is 1. The summed E-state index contributed by atoms with van der Waals surface area (Å²) in [5.74, 6) is 0.675. The number of ether oxygens (including phenoxy) is 2. The lowest BCUT2D eigenvalue weighted by Gasteiger charge is -2.16. The number of carbonyl (C=O) groups is 1. The fourth-order valence-electron chi connectivity index (χ4n) is 3.40. The molecule has 2 N–H and O–H groups in total. The highest BCUT2D eigenvalue weighted by molar-refractivity contribution is 7.14. The van der Waals surface area contributed by atoms with E-state index in [4.69, 9.17) is 14.5 Å². The van der Waals surface area contributed by atoms with Crippen LogP contribution in [0.1, 0.15) is 12.6 Å². The van der Waals surface area contributed by atoms with Crippen LogP contribution in [0.3, 0.4) is 0 Å². The van der Waals surface area contributed by atoms with E-state index in [0.29, 0.717) is 38.6 Å². The number of urea groups is 1. The van der Waals surface area contributed by atoms with Crippen molar-refractivity contribution >= 4 is 33.9 Å². The van der Waals surface area contributed by atoms with Gasteiger partial charge in [-0.05, 0) is 26.0 Å². The van der Waals surface area contributed by atoms with Crippen molar-refractivity contribution < 1.29 is 14.3 Å². The second-order valence-electron chi connectivity index (χ2n) is 7.02. The number of aryl methyl sites for hydroxylation is 1. The molecule has 3 aromatic rings. The van der Waals surface area contributed by atoms with Gasteiger partial charge in [-0.15, -0.1) is 11.3 Å². The van der Waals surface area contributed by atoms with E-state index in [9.17, 15) is 4.79 Å². The lowest BCUT2D eigenvalue weighted by atomic mass is 10.1. The number of methoxy groups -OCH3 is 1. The van der Waals surface area contributed by atoms with E-state index >= 15 is 0 Å². The third-order valence-corrected chi connectivity index (χ3v) is 5.75. The van der Waals surface area contributed by atoms with Crippen molar-refractivity contribution in [2.45, 2.75) is 20.4 Å². The van der Waals surface area contributed by atoms with Gasteiger partial charge in [-0.25, -0.2) is 9.78 Å². The van der Waals surface area contributed by atoms with Crippen LogP contribution in [-0.4, -0.2) is 54.2 Å². The van der Waals surface area contributed by atoms with Gasteiger partial charge in [-0.3, -0.25) is 9.58 Å². The van der Waals surface area contributed by atoms with Crippen LogP contribution in [0.15, 0.2) is 29.8 Å². The van der Waals surface area contributed by atoms with Crippen LogP contribution in [-0.2, 0) is 11.3 Å². The molecule has 0 unspecified atom stereocenters. The Bertz CT molecular complexity index is 1060. The molecule has 31 heavy (non-hydrogen) atoms. The van der Waals surface area contributed by atoms with Crippen molar-refractivity contribution in [1.82, 2.24) is 20.1 Å². The van der Waals surface area contributed by atoms with Crippen LogP contribution in [0.5, 0.6) is 5.75 Å². The number of hydrogen-bond acceptors (Lipinski definition) is 7. The number of amides is 2. The molecule has 1 saturated heterocycles. The van der Waals surface area contributed by atoms with Gasteiger partial charge in [0, 0.05) is 48.6 Å². The molecule has 0 spiro atoms. The Hall–Kier alpha value is -3.11. The molecule has 0 aliphatic carbocycles. The molecular formula is C21H26N6O3S. The van der Waals surface area contributed by atoms with Gasteiger partial charge in [0.15, 0.2) is 5.13 Å². The summed E-state index contributed by atoms with van der Waals surface area (Å²) < 4.78 is 12.9. The Morgan fingerprint density at radius 2 is 2.23 bits per heavy atom. The van der Waals surface area contributed by atoms with Crippen LogP contribution in [0.2, 0.25) is 0 Å². The molecule has 2 aromatic heterocycles. The minimum Gasteiger partial charge on any atom is -0.496 e. The summed E-state index contributed by atoms with van der Waals surface area (Å²) in [6, 6.07) is 5.64. The Morgan fingerprint density at radius 3 is 2.97 bits per heavy atom. The van der Waals surface area contributed by atoms with Gasteiger partial charge in [0.25, 0.3) is 0 Å². The summed E-state index contributed by atoms with van der Waals surface area (Å²) in [5.41, 5.74) is 4.31. The maximum absolute atomic E-state index is 12.0. The zero-order chi connectivity index (χ0) is 21.8. The highest BCUT2D eigenvalue weighted by atomic mass is 32.1. The standard InChI is InChI=1S/C21H26N6O3S/c1-4-30-10-9-26-12-17(14(2)25-26)23-20-24-18(13-31-20)16-6-5-15(11-19(16)29-3)27-8-7-22-21(27)28/h5-6,11-13H,4,7-10H2,1-3H3,(H,22,28)(H,23,24). The molecule has 0 radical (unpaired) electrons. The van der Waals surface area contributed by atoms with Crippen molar-refractivity contribution in [2.24, 2.45) is 0 Å². The minimum absolute atomic E-state index is 0.0906. The molecule has 4 rings (SSSR count). The van der Waals surface area contributed by atoms with Crippen LogP contribution >= 0.6 is 11.3 Å². The quantitative estimate of drug-likeness (QED) is 0.492. The first kappa shape index (κ1) is 21.1. The van der Waals surface area contributed by atoms with Gasteiger partial charge < -0.3 is 20.1 Å². The highest BCUT2D eigenvalue weighted by Gasteiger charge is 2.22. The minimum atomic E-state index is -0.0906. The van der Waals surface area contributed by atoms with E-state index in [1.165, 1.54) is 11.3 Å². The Balaban J connectivity index is 1.50. The molecule has 0 bridgehead atoms. The van der Waals surface area contributed by atoms with Gasteiger partial charge in [0.2, 0.25) is 0 Å². The first-order chi connectivity index (χ1) is 15.1. The van der Waals surface area contributed by atoms with E-state index < -0.39 is 0 Å². The summed E-state index contributed by atoms with van der Waals surface area (Å²) >= 11 is 1.51. The normalized spacial score (nSPS) is 13.5. The molecule has 1 aliphatic heterocycles. The molecule has 0 saturated carbocycles. The average Bonchev–Trinajstić information content (AvgIpc) is 3.49. The van der Waals surface area contributed by atoms with E-state index in [1.54, 1.807) is 12.0 Å². The largest absolute Gasteiger partial charge is 0.496 e. The van der Waals surface area contributed by atoms with E-state index in [1.807, 2.05) is 48.3 Å². The van der Waals surface area contributed by atoms with E-state index in [-0.39, 0.29) is 6.03 Å². The van der Waals surface area contributed by atoms with Crippen LogP contribution in [0.25, 0.3) is 11.3 Å². The SMILES string of the molecule is CCOCCn1cc(Nc2nc(-c3ccc(N4CCNC4=O)cc3OC)cs2)c(C)n1. The smallest absolute Gasteiger partial charge is 0.321 e. The van der Waals surface area contributed by atoms with E-state index in [2.05, 4.69) is 15.7 Å². The highest BCUT2D eigenvalue weighted by Crippen LogP contribution is 2.36. The average molecular weight is 443 g/mol. The molecule has 0 atom stereocenters. The number of aromatic nitrogens is 3. The van der Waals surface area contributed by atoms with Gasteiger partial charge in [0.05, 0.1) is 37.3 Å². The molecule has 10 heteroatoms. The first-order valence-corrected chi connectivity index (χ1v) is 11.0. The molecule has 1 aromatic carbocycles. The Labute approximate surface area is 185 Å². The third kappa shape index (κ3) is 4.64. The van der Waals surface area contributed by atoms with Crippen LogP contribution in [0, 0.1) is 6.92 Å². The zero-order valence-corrected chi connectivity index (χ0v) is 18.7. The van der Waals surface area contributed by atoms with Gasteiger partial charge in [-0.2, -0.15) is 5.10 Å². The number of anilines is 3. The predicted molar refractivity (Wildman–Crippen MR) is 122 cm³/mol. The number of carbonyl (C=O) groups excluding carboxylic acids is 1. The number of nitrogens with one attached hydrogen (secondary N) is 2. The first-order valence-electron chi connectivity index (χ1n) is 10.2. The van der Waals surface area contributed by atoms with Crippen LogP contribution in [0.4, 0.5) is 21.3 Å². The lowest BCUT2D eigenvalue weighted by molar-refractivity contribution is 0.136. The lowest BCUT2D eigenvalue weighted by Crippen LogP contribution is -2.27. The predicted octanol–water partition coefficient (Wildman–Crippen LogP) is 3.63. The summed E-state index contributed by atoms with van der Waals surface area (Å²) in [6.07, 6.45) is 1.96. The number of rotatable bonds is 9. The molecular weight excluding hydrogens is 416 g/mol. The summed E-state index contributed by atoms with van der Waals surface area (Å²) in [5, 5.41) is 13.4. The maximum Gasteiger partial charge on any atom is 0.321 e. The molecule has 3 heterocycles. The molecule has 9 nitrogen and oxygen atoms in total. The van der Waals surface area contributed by atoms with Gasteiger partial charge in [0.1, 0.15) is 5.75 Å². The van der Waals surface area contributed by atoms with Crippen molar-refractivity contribution in [3.63, 3.8) is 0 Å². The summed E-state index contributed by atoms with van der Waals surface area (Å²) in [7, 11) is 1.62. The maximum atomic E-state index is 12.0. The number of nitrogens with zero attached hydrogens (tertiary/aromatic N) is 4. The second-order valence-corrected chi connectivity index (χ2v) is 7.88. The number of hydrogen-bond donors (Lipinski definition) is 2. The van der Waals surface area contributed by atoms with E-state index in [0.717, 1.165) is 33.5 Å². The zero-order valence-electron chi connectivity index (χ0n) is 17.8. The van der Waals surface area contributed by atoms with Crippen molar-refractivity contribution in [1.29, 1.82) is 0 Å². The molecule has 1 aliphatic rings. The molecule has 164 valence electrons. The second kappa shape index (κ2) is 9.36. The topological polar surface area (TPSA) is 93.5 Å². The molecule has 2 amide bonds. The summed E-state index contributed by atoms with van der Waals surface area (Å²) in [6.45, 7) is 7.26. The van der Waals surface area contributed by atoms with Crippen LogP contribution < -0.4 is 20.3 Å². The molecule has 1 fully saturated rings. The Kier molecular flexibility index (Phi) is 6.38. The van der Waals surface area contributed by atoms with Gasteiger partial charge in [-0.1, -0.05) is 0 Å². The fraction of sp³-hybridized carbons (Fsp3) is 0.381. The summed E-state index contributed by atoms with van der Waals surface area (Å²) in [4.78, 5) is 18.4. The monoisotopic (exact) mass is 442 g/mol. The van der Waals surface area contributed by atoms with Crippen molar-refractivity contribution in [3.8, 4) is 17.0 Å². The fourth-order valence-corrected chi connectivity index (χ4v) is 4.13. The Morgan fingerprint density at radius 1 is 1.35 bits per heavy atom. The third-order valence-electron chi connectivity index (χ3n) is 4.99.